The maximum Gasteiger partial charge on any atom is 0.335 e. The maximum atomic E-state index is 11.0. The molecule has 0 fully saturated rings. The van der Waals surface area contributed by atoms with E-state index in [9.17, 15) is 10.0 Å². The van der Waals surface area contributed by atoms with E-state index in [1.54, 1.807) is 54.7 Å². The second kappa shape index (κ2) is 7.73. The average Bonchev–Trinajstić information content (AvgIpc) is 2.74. The Balaban J connectivity index is 1.73. The lowest BCUT2D eigenvalue weighted by molar-refractivity contribution is 0.0697. The van der Waals surface area contributed by atoms with Crippen molar-refractivity contribution >= 4 is 23.1 Å². The van der Waals surface area contributed by atoms with E-state index < -0.39 is 5.97 Å². The molecule has 2 aromatic heterocycles. The van der Waals surface area contributed by atoms with Crippen LogP contribution in [0.15, 0.2) is 94.3 Å². The van der Waals surface area contributed by atoms with Gasteiger partial charge in [0.25, 0.3) is 0 Å². The highest BCUT2D eigenvalue weighted by atomic mass is 16.5. The summed E-state index contributed by atoms with van der Waals surface area (Å²) in [4.78, 5) is 20.0. The minimum atomic E-state index is -0.983. The summed E-state index contributed by atoms with van der Waals surface area (Å²) in [6.07, 6.45) is 6.65. The fourth-order valence-corrected chi connectivity index (χ4v) is 2.75. The highest BCUT2D eigenvalue weighted by molar-refractivity contribution is 6.25. The van der Waals surface area contributed by atoms with Crippen LogP contribution in [0.25, 0.3) is 0 Å². The van der Waals surface area contributed by atoms with Crippen molar-refractivity contribution in [1.82, 2.24) is 9.71 Å². The largest absolute Gasteiger partial charge is 0.478 e. The van der Waals surface area contributed by atoms with Crippen LogP contribution >= 0.6 is 0 Å². The lowest BCUT2D eigenvalue weighted by Crippen LogP contribution is -2.18. The molecule has 0 amide bonds. The van der Waals surface area contributed by atoms with E-state index in [2.05, 4.69) is 20.2 Å². The SMILES string of the molecule is O=C(O)c1ccc(N=C2C=CC(=NN=c3ccccn3O)c3ncccc32)cc1. The summed E-state index contributed by atoms with van der Waals surface area (Å²) >= 11 is 0. The van der Waals surface area contributed by atoms with Crippen LogP contribution in [0.1, 0.15) is 21.6 Å². The summed E-state index contributed by atoms with van der Waals surface area (Å²) in [5.74, 6) is -0.983. The Labute approximate surface area is 165 Å². The number of allylic oxidation sites excluding steroid dienone is 2. The van der Waals surface area contributed by atoms with Crippen LogP contribution in [0.2, 0.25) is 0 Å². The van der Waals surface area contributed by atoms with Gasteiger partial charge in [-0.05, 0) is 60.7 Å². The molecule has 8 nitrogen and oxygen atoms in total. The molecular formula is C21H15N5O3. The molecule has 2 N–H and O–H groups in total. The Morgan fingerprint density at radius 3 is 2.48 bits per heavy atom. The average molecular weight is 385 g/mol. The zero-order valence-corrected chi connectivity index (χ0v) is 15.0. The highest BCUT2D eigenvalue weighted by Gasteiger charge is 2.17. The van der Waals surface area contributed by atoms with Crippen molar-refractivity contribution in [2.75, 3.05) is 0 Å². The molecule has 1 aliphatic carbocycles. The van der Waals surface area contributed by atoms with Gasteiger partial charge in [0.1, 0.15) is 5.71 Å². The van der Waals surface area contributed by atoms with Gasteiger partial charge < -0.3 is 10.3 Å². The summed E-state index contributed by atoms with van der Waals surface area (Å²) in [6, 6.07) is 15.0. The molecule has 0 radical (unpaired) electrons. The van der Waals surface area contributed by atoms with Gasteiger partial charge in [-0.25, -0.2) is 9.79 Å². The molecule has 1 aliphatic rings. The van der Waals surface area contributed by atoms with E-state index in [0.717, 1.165) is 10.3 Å². The third-order valence-corrected chi connectivity index (χ3v) is 4.17. The van der Waals surface area contributed by atoms with Crippen molar-refractivity contribution in [1.29, 1.82) is 0 Å². The molecule has 0 saturated carbocycles. The van der Waals surface area contributed by atoms with Crippen LogP contribution in [-0.2, 0) is 0 Å². The van der Waals surface area contributed by atoms with Gasteiger partial charge in [0, 0.05) is 18.0 Å². The van der Waals surface area contributed by atoms with Crippen LogP contribution in [0.5, 0.6) is 0 Å². The molecule has 0 spiro atoms. The minimum Gasteiger partial charge on any atom is -0.478 e. The minimum absolute atomic E-state index is 0.202. The predicted octanol–water partition coefficient (Wildman–Crippen LogP) is 2.81. The fraction of sp³-hybridized carbons (Fsp3) is 0. The Kier molecular flexibility index (Phi) is 4.81. The van der Waals surface area contributed by atoms with Gasteiger partial charge in [-0.3, -0.25) is 4.98 Å². The third-order valence-electron chi connectivity index (χ3n) is 4.17. The van der Waals surface area contributed by atoms with E-state index in [0.29, 0.717) is 22.8 Å². The van der Waals surface area contributed by atoms with Crippen molar-refractivity contribution in [3.63, 3.8) is 0 Å². The molecule has 0 aliphatic heterocycles. The molecule has 0 saturated heterocycles. The number of fused-ring (bicyclic) bond motifs is 1. The Morgan fingerprint density at radius 1 is 0.931 bits per heavy atom. The first-order valence-corrected chi connectivity index (χ1v) is 8.66. The van der Waals surface area contributed by atoms with E-state index in [1.807, 2.05) is 6.07 Å². The van der Waals surface area contributed by atoms with Crippen molar-refractivity contribution in [3.05, 3.63) is 101 Å². The van der Waals surface area contributed by atoms with E-state index >= 15 is 0 Å². The number of aromatic nitrogens is 2. The zero-order chi connectivity index (χ0) is 20.2. The number of carboxylic acid groups (broad SMARTS) is 1. The number of hydrogen-bond acceptors (Lipinski definition) is 6. The second-order valence-electron chi connectivity index (χ2n) is 6.07. The van der Waals surface area contributed by atoms with Crippen LogP contribution in [-0.4, -0.2) is 37.4 Å². The molecular weight excluding hydrogens is 370 g/mol. The topological polar surface area (TPSA) is 112 Å². The number of carbonyl (C=O) groups is 1. The van der Waals surface area contributed by atoms with Gasteiger partial charge in [-0.2, -0.15) is 4.73 Å². The number of benzene rings is 1. The molecule has 29 heavy (non-hydrogen) atoms. The smallest absolute Gasteiger partial charge is 0.335 e. The number of pyridine rings is 2. The van der Waals surface area contributed by atoms with Gasteiger partial charge in [-0.1, -0.05) is 6.07 Å². The fourth-order valence-electron chi connectivity index (χ4n) is 2.75. The highest BCUT2D eigenvalue weighted by Crippen LogP contribution is 2.20. The van der Waals surface area contributed by atoms with Gasteiger partial charge in [0.05, 0.1) is 22.7 Å². The Hall–Kier alpha value is -4.33. The molecule has 0 unspecified atom stereocenters. The van der Waals surface area contributed by atoms with Crippen molar-refractivity contribution in [2.24, 2.45) is 15.2 Å². The van der Waals surface area contributed by atoms with Gasteiger partial charge in [-0.15, -0.1) is 10.2 Å². The summed E-state index contributed by atoms with van der Waals surface area (Å²) < 4.78 is 0.879. The maximum absolute atomic E-state index is 11.0. The van der Waals surface area contributed by atoms with E-state index in [1.165, 1.54) is 18.3 Å². The molecule has 2 heterocycles. The number of nitrogens with zero attached hydrogens (tertiary/aromatic N) is 5. The van der Waals surface area contributed by atoms with Crippen LogP contribution in [0, 0.1) is 0 Å². The lowest BCUT2D eigenvalue weighted by Gasteiger charge is -2.13. The van der Waals surface area contributed by atoms with Gasteiger partial charge in [0.15, 0.2) is 5.49 Å². The summed E-state index contributed by atoms with van der Waals surface area (Å²) in [5, 5.41) is 27.1. The normalized spacial score (nSPS) is 16.2. The molecule has 3 aromatic rings. The number of rotatable bonds is 3. The van der Waals surface area contributed by atoms with Crippen molar-refractivity contribution in [3.8, 4) is 0 Å². The van der Waals surface area contributed by atoms with Crippen LogP contribution in [0.3, 0.4) is 0 Å². The number of aromatic carboxylic acids is 1. The van der Waals surface area contributed by atoms with Crippen molar-refractivity contribution in [2.45, 2.75) is 0 Å². The van der Waals surface area contributed by atoms with Crippen molar-refractivity contribution < 1.29 is 15.1 Å². The Bertz CT molecular complexity index is 1240. The monoisotopic (exact) mass is 385 g/mol. The molecule has 8 heteroatoms. The quantitative estimate of drug-likeness (QED) is 0.533. The van der Waals surface area contributed by atoms with Gasteiger partial charge in [0.2, 0.25) is 0 Å². The van der Waals surface area contributed by atoms with Gasteiger partial charge >= 0.3 is 5.97 Å². The molecule has 0 bridgehead atoms. The molecule has 4 rings (SSSR count). The van der Waals surface area contributed by atoms with Crippen LogP contribution < -0.4 is 5.49 Å². The summed E-state index contributed by atoms with van der Waals surface area (Å²) in [5.41, 5.74) is 3.70. The first-order valence-electron chi connectivity index (χ1n) is 8.66. The zero-order valence-electron chi connectivity index (χ0n) is 15.0. The first-order chi connectivity index (χ1) is 14.1. The third kappa shape index (κ3) is 3.86. The lowest BCUT2D eigenvalue weighted by atomic mass is 9.98. The van der Waals surface area contributed by atoms with E-state index in [-0.39, 0.29) is 11.1 Å². The second-order valence-corrected chi connectivity index (χ2v) is 6.07. The predicted molar refractivity (Wildman–Crippen MR) is 107 cm³/mol. The molecule has 0 atom stereocenters. The number of aliphatic imine (C=N–C) groups is 1. The molecule has 1 aromatic carbocycles. The molecule has 142 valence electrons. The Morgan fingerprint density at radius 2 is 1.72 bits per heavy atom. The van der Waals surface area contributed by atoms with E-state index in [4.69, 9.17) is 5.11 Å². The van der Waals surface area contributed by atoms with Crippen LogP contribution in [0.4, 0.5) is 5.69 Å². The summed E-state index contributed by atoms with van der Waals surface area (Å²) in [6.45, 7) is 0. The first kappa shape index (κ1) is 18.1. The number of carboxylic acids is 1. The number of hydrogen-bond donors (Lipinski definition) is 2. The standard InChI is InChI=1S/C21H15N5O3/c27-21(28)14-6-8-15(9-7-14)23-17-10-11-18(20-16(17)4-3-12-22-20)24-25-19-5-1-2-13-26(19)29/h1-13,29H,(H,27,28). The summed E-state index contributed by atoms with van der Waals surface area (Å²) in [7, 11) is 0.